The maximum atomic E-state index is 13.2. The van der Waals surface area contributed by atoms with Crippen LogP contribution in [0.4, 0.5) is 13.2 Å². The predicted molar refractivity (Wildman–Crippen MR) is 123 cm³/mol. The van der Waals surface area contributed by atoms with Gasteiger partial charge in [-0.25, -0.2) is 0 Å². The van der Waals surface area contributed by atoms with Crippen molar-refractivity contribution in [1.82, 2.24) is 15.1 Å². The molecule has 6 nitrogen and oxygen atoms in total. The summed E-state index contributed by atoms with van der Waals surface area (Å²) >= 11 is 6.16. The summed E-state index contributed by atoms with van der Waals surface area (Å²) in [6.07, 6.45) is -3.34. The van der Waals surface area contributed by atoms with Crippen LogP contribution in [0.2, 0.25) is 5.02 Å². The number of benzene rings is 2. The molecule has 182 valence electrons. The number of ketones is 1. The smallest absolute Gasteiger partial charge is 0.432 e. The van der Waals surface area contributed by atoms with Crippen LogP contribution in [-0.2, 0) is 6.18 Å². The molecule has 1 saturated heterocycles. The molecule has 0 unspecified atom stereocenters. The molecular formula is C25H21ClF3N3O3. The number of Topliss-reactive ketones (excluding diaryl/α,β-unsaturated/α-hetero) is 1. The largest absolute Gasteiger partial charge is 0.486 e. The number of piperidine rings is 1. The van der Waals surface area contributed by atoms with E-state index in [0.29, 0.717) is 53.4 Å². The molecule has 10 heteroatoms. The zero-order valence-electron chi connectivity index (χ0n) is 18.7. The first kappa shape index (κ1) is 23.4. The van der Waals surface area contributed by atoms with Gasteiger partial charge in [-0.15, -0.1) is 0 Å². The van der Waals surface area contributed by atoms with Crippen LogP contribution < -0.4 is 4.74 Å². The number of fused-ring (bicyclic) bond motifs is 1. The summed E-state index contributed by atoms with van der Waals surface area (Å²) in [6.45, 7) is 2.62. The summed E-state index contributed by atoms with van der Waals surface area (Å²) in [5, 5.41) is 6.24. The second-order valence-electron chi connectivity index (χ2n) is 9.02. The molecule has 1 fully saturated rings. The monoisotopic (exact) mass is 503 g/mol. The molecule has 1 N–H and O–H groups in total. The van der Waals surface area contributed by atoms with Gasteiger partial charge in [-0.2, -0.15) is 18.3 Å². The van der Waals surface area contributed by atoms with E-state index in [1.54, 1.807) is 35.2 Å². The maximum absolute atomic E-state index is 13.2. The van der Waals surface area contributed by atoms with Crippen LogP contribution in [-0.4, -0.2) is 45.5 Å². The fourth-order valence-electron chi connectivity index (χ4n) is 4.62. The van der Waals surface area contributed by atoms with Crippen LogP contribution in [0.15, 0.2) is 42.5 Å². The highest BCUT2D eigenvalue weighted by Gasteiger charge is 2.44. The summed E-state index contributed by atoms with van der Waals surface area (Å²) in [4.78, 5) is 27.6. The van der Waals surface area contributed by atoms with Crippen LogP contribution in [0.3, 0.4) is 0 Å². The number of likely N-dealkylation sites (tertiary alicyclic amines) is 1. The van der Waals surface area contributed by atoms with Crippen molar-refractivity contribution < 1.29 is 27.5 Å². The number of nitrogens with one attached hydrogen (secondary N) is 1. The third-order valence-corrected chi connectivity index (χ3v) is 7.03. The predicted octanol–water partition coefficient (Wildman–Crippen LogP) is 5.70. The van der Waals surface area contributed by atoms with E-state index in [0.717, 1.165) is 11.6 Å². The fraction of sp³-hybridized carbons (Fsp3) is 0.320. The lowest BCUT2D eigenvalue weighted by molar-refractivity contribution is -0.141. The van der Waals surface area contributed by atoms with Crippen LogP contribution in [0.25, 0.3) is 11.3 Å². The minimum atomic E-state index is -4.53. The number of aryl methyl sites for hydroxylation is 1. The number of halogens is 4. The van der Waals surface area contributed by atoms with Gasteiger partial charge in [-0.1, -0.05) is 23.7 Å². The van der Waals surface area contributed by atoms with E-state index in [9.17, 15) is 22.8 Å². The third kappa shape index (κ3) is 4.40. The number of carbonyl (C=O) groups excluding carboxylic acids is 2. The summed E-state index contributed by atoms with van der Waals surface area (Å²) < 4.78 is 45.0. The number of H-pyrrole nitrogens is 1. The van der Waals surface area contributed by atoms with Gasteiger partial charge in [0.15, 0.2) is 5.78 Å². The first-order valence-corrected chi connectivity index (χ1v) is 11.5. The molecule has 2 aromatic carbocycles. The molecule has 0 aliphatic carbocycles. The lowest BCUT2D eigenvalue weighted by Gasteiger charge is -2.44. The average molecular weight is 504 g/mol. The molecule has 2 aliphatic rings. The molecule has 0 bridgehead atoms. The number of hydrogen-bond acceptors (Lipinski definition) is 4. The SMILES string of the molecule is Cc1cc2c(cc1Cl)C(=O)CC1(CCN(C(=O)c3cccc(-c4cc(C(F)(F)F)[nH]n4)c3)CC1)O2. The van der Waals surface area contributed by atoms with Gasteiger partial charge in [0.1, 0.15) is 17.0 Å². The standard InChI is InChI=1S/C25H21ClF3N3O3/c1-14-9-21-17(11-18(14)26)20(33)13-24(35-21)5-7-32(8-6-24)23(34)16-4-2-3-15(10-16)19-12-22(31-30-19)25(27,28)29/h2-4,9-12H,5-8,13H2,1H3,(H,30,31). The summed E-state index contributed by atoms with van der Waals surface area (Å²) in [5.41, 5.74) is 0.538. The number of aromatic nitrogens is 2. The number of alkyl halides is 3. The zero-order chi connectivity index (χ0) is 25.0. The average Bonchev–Trinajstić information content (AvgIpc) is 3.32. The highest BCUT2D eigenvalue weighted by Crippen LogP contribution is 2.41. The minimum absolute atomic E-state index is 0.0298. The van der Waals surface area contributed by atoms with Gasteiger partial charge < -0.3 is 9.64 Å². The van der Waals surface area contributed by atoms with Gasteiger partial charge >= 0.3 is 6.18 Å². The first-order chi connectivity index (χ1) is 16.5. The van der Waals surface area contributed by atoms with Crippen LogP contribution >= 0.6 is 11.6 Å². The highest BCUT2D eigenvalue weighted by atomic mass is 35.5. The second-order valence-corrected chi connectivity index (χ2v) is 9.43. The van der Waals surface area contributed by atoms with Gasteiger partial charge in [-0.05, 0) is 42.8 Å². The normalized spacial score (nSPS) is 17.3. The van der Waals surface area contributed by atoms with E-state index < -0.39 is 17.5 Å². The Morgan fingerprint density at radius 3 is 2.60 bits per heavy atom. The number of carbonyl (C=O) groups is 2. The molecule has 3 aromatic rings. The number of rotatable bonds is 2. The van der Waals surface area contributed by atoms with E-state index in [1.165, 1.54) is 6.07 Å². The van der Waals surface area contributed by atoms with Gasteiger partial charge in [-0.3, -0.25) is 14.7 Å². The maximum Gasteiger partial charge on any atom is 0.432 e. The number of nitrogens with zero attached hydrogens (tertiary/aromatic N) is 2. The Morgan fingerprint density at radius 2 is 1.91 bits per heavy atom. The molecule has 2 aliphatic heterocycles. The summed E-state index contributed by atoms with van der Waals surface area (Å²) in [6, 6.07) is 10.7. The molecule has 5 rings (SSSR count). The quantitative estimate of drug-likeness (QED) is 0.487. The van der Waals surface area contributed by atoms with Crippen LogP contribution in [0.1, 0.15) is 51.2 Å². The van der Waals surface area contributed by atoms with E-state index in [-0.39, 0.29) is 23.8 Å². The lowest BCUT2D eigenvalue weighted by atomic mass is 9.82. The topological polar surface area (TPSA) is 75.3 Å². The van der Waals surface area contributed by atoms with E-state index >= 15 is 0 Å². The molecule has 3 heterocycles. The Labute approximate surface area is 204 Å². The zero-order valence-corrected chi connectivity index (χ0v) is 19.5. The van der Waals surface area contributed by atoms with Crippen molar-refractivity contribution in [2.45, 2.75) is 38.0 Å². The van der Waals surface area contributed by atoms with Crippen molar-refractivity contribution in [1.29, 1.82) is 0 Å². The highest BCUT2D eigenvalue weighted by molar-refractivity contribution is 6.31. The number of amides is 1. The molecule has 0 atom stereocenters. The fourth-order valence-corrected chi connectivity index (χ4v) is 4.78. The lowest BCUT2D eigenvalue weighted by Crippen LogP contribution is -2.52. The van der Waals surface area contributed by atoms with Crippen molar-refractivity contribution in [3.05, 3.63) is 69.9 Å². The van der Waals surface area contributed by atoms with E-state index in [2.05, 4.69) is 5.10 Å². The van der Waals surface area contributed by atoms with Gasteiger partial charge in [0.25, 0.3) is 5.91 Å². The van der Waals surface area contributed by atoms with E-state index in [1.807, 2.05) is 12.0 Å². The molecule has 0 radical (unpaired) electrons. The van der Waals surface area contributed by atoms with Crippen LogP contribution in [0.5, 0.6) is 5.75 Å². The first-order valence-electron chi connectivity index (χ1n) is 11.1. The molecular weight excluding hydrogens is 483 g/mol. The van der Waals surface area contributed by atoms with Gasteiger partial charge in [0, 0.05) is 42.1 Å². The minimum Gasteiger partial charge on any atom is -0.486 e. The van der Waals surface area contributed by atoms with Crippen molar-refractivity contribution >= 4 is 23.3 Å². The Hall–Kier alpha value is -3.33. The molecule has 35 heavy (non-hydrogen) atoms. The number of ether oxygens (including phenoxy) is 1. The molecule has 0 saturated carbocycles. The molecule has 1 spiro atoms. The molecule has 1 aromatic heterocycles. The molecule has 1 amide bonds. The second kappa shape index (κ2) is 8.41. The van der Waals surface area contributed by atoms with Gasteiger partial charge in [0.05, 0.1) is 17.7 Å². The Bertz CT molecular complexity index is 1330. The Morgan fingerprint density at radius 1 is 1.17 bits per heavy atom. The van der Waals surface area contributed by atoms with Crippen molar-refractivity contribution in [2.75, 3.05) is 13.1 Å². The summed E-state index contributed by atoms with van der Waals surface area (Å²) in [5.74, 6) is 0.254. The summed E-state index contributed by atoms with van der Waals surface area (Å²) in [7, 11) is 0. The van der Waals surface area contributed by atoms with Crippen molar-refractivity contribution in [2.24, 2.45) is 0 Å². The van der Waals surface area contributed by atoms with Crippen molar-refractivity contribution in [3.8, 4) is 17.0 Å². The number of aromatic amines is 1. The van der Waals surface area contributed by atoms with E-state index in [4.69, 9.17) is 16.3 Å². The number of hydrogen-bond donors (Lipinski definition) is 1. The third-order valence-electron chi connectivity index (χ3n) is 6.62. The van der Waals surface area contributed by atoms with Crippen LogP contribution in [0, 0.1) is 6.92 Å². The Balaban J connectivity index is 1.30. The van der Waals surface area contributed by atoms with Crippen molar-refractivity contribution in [3.63, 3.8) is 0 Å². The van der Waals surface area contributed by atoms with Gasteiger partial charge in [0.2, 0.25) is 0 Å². The Kier molecular flexibility index (Phi) is 5.62.